The molecule has 8 heteroatoms. The molecule has 0 fully saturated rings. The van der Waals surface area contributed by atoms with Crippen LogP contribution < -0.4 is 0 Å². The van der Waals surface area contributed by atoms with Crippen LogP contribution in [0.15, 0.2) is 0 Å². The van der Waals surface area contributed by atoms with Crippen molar-refractivity contribution in [1.29, 1.82) is 0 Å². The fourth-order valence-electron chi connectivity index (χ4n) is 0. The van der Waals surface area contributed by atoms with E-state index in [2.05, 4.69) is 0 Å². The Labute approximate surface area is 75.4 Å². The van der Waals surface area contributed by atoms with Gasteiger partial charge in [0, 0.05) is 10.4 Å². The smallest absolute Gasteiger partial charge is 2.00 e. The van der Waals surface area contributed by atoms with Gasteiger partial charge in [-0.3, -0.25) is 8.42 Å². The summed E-state index contributed by atoms with van der Waals surface area (Å²) < 4.78 is 34.1. The average Bonchev–Trinajstić information content (AvgIpc) is 0.722. The van der Waals surface area contributed by atoms with Crippen LogP contribution in [-0.2, 0) is 58.0 Å². The van der Waals surface area contributed by atoms with Gasteiger partial charge in [0.1, 0.15) is 0 Å². The maximum atomic E-state index is 8.52. The van der Waals surface area contributed by atoms with Crippen LogP contribution in [-0.4, -0.2) is 17.5 Å². The molecule has 0 N–H and O–H groups in total. The summed E-state index contributed by atoms with van der Waals surface area (Å²) >= 11 is 0. The van der Waals surface area contributed by atoms with Crippen molar-refractivity contribution in [2.45, 2.75) is 0 Å². The van der Waals surface area contributed by atoms with E-state index in [1.165, 1.54) is 0 Å². The third-order valence-electron chi connectivity index (χ3n) is 0. The standard InChI is InChI=1S/2Cu.H2O4S.S/c;;1-5(2,3)4;/h;;(H2,1,2,3,4);/q2*+2;;-2/p-2. The molecule has 0 unspecified atom stereocenters. The molecule has 2 radical (unpaired) electrons. The van der Waals surface area contributed by atoms with Crippen molar-refractivity contribution in [1.82, 2.24) is 0 Å². The molecule has 0 atom stereocenters. The minimum Gasteiger partial charge on any atom is -2.00 e. The Hall–Kier alpha value is 1.26. The fourth-order valence-corrected chi connectivity index (χ4v) is 0. The van der Waals surface area contributed by atoms with E-state index in [0.29, 0.717) is 0 Å². The van der Waals surface area contributed by atoms with Crippen LogP contribution in [0.5, 0.6) is 0 Å². The van der Waals surface area contributed by atoms with Crippen molar-refractivity contribution in [2.24, 2.45) is 0 Å². The molecule has 0 saturated heterocycles. The fraction of sp³-hybridized carbons (Fsp3) is 0. The Kier molecular flexibility index (Phi) is 23.6. The van der Waals surface area contributed by atoms with E-state index in [9.17, 15) is 0 Å². The normalized spacial score (nSPS) is 7.25. The molecule has 0 spiro atoms. The van der Waals surface area contributed by atoms with Crippen LogP contribution in [0.4, 0.5) is 0 Å². The monoisotopic (exact) mass is 254 g/mol. The Morgan fingerprint density at radius 2 is 1.00 bits per heavy atom. The summed E-state index contributed by atoms with van der Waals surface area (Å²) in [6, 6.07) is 0. The predicted octanol–water partition coefficient (Wildman–Crippen LogP) is -1.35. The summed E-state index contributed by atoms with van der Waals surface area (Å²) in [6.45, 7) is 0. The second-order valence-corrected chi connectivity index (χ2v) is 1.22. The SMILES string of the molecule is O=S(=O)([O-])[O-].[Cu+2].[Cu+2].[S-2]. The van der Waals surface area contributed by atoms with Crippen LogP contribution in [0.2, 0.25) is 0 Å². The zero-order valence-corrected chi connectivity index (χ0v) is 6.57. The van der Waals surface area contributed by atoms with E-state index in [1.54, 1.807) is 0 Å². The van der Waals surface area contributed by atoms with Crippen LogP contribution in [0.25, 0.3) is 0 Å². The van der Waals surface area contributed by atoms with E-state index >= 15 is 0 Å². The third kappa shape index (κ3) is 179. The molecule has 0 aliphatic rings. The zero-order valence-electron chi connectivity index (χ0n) is 3.05. The summed E-state index contributed by atoms with van der Waals surface area (Å²) in [5.74, 6) is 0. The van der Waals surface area contributed by atoms with Gasteiger partial charge in [-0.1, -0.05) is 0 Å². The molecule has 0 aliphatic heterocycles. The van der Waals surface area contributed by atoms with E-state index in [-0.39, 0.29) is 47.6 Å². The maximum absolute atomic E-state index is 8.52. The zero-order chi connectivity index (χ0) is 4.50. The Balaban J connectivity index is -0.0000000267. The van der Waals surface area contributed by atoms with Crippen molar-refractivity contribution in [3.8, 4) is 0 Å². The topological polar surface area (TPSA) is 80.3 Å². The van der Waals surface area contributed by atoms with Gasteiger partial charge >= 0.3 is 34.1 Å². The molecule has 0 amide bonds. The first kappa shape index (κ1) is 22.8. The van der Waals surface area contributed by atoms with E-state index < -0.39 is 10.4 Å². The Morgan fingerprint density at radius 1 is 1.00 bits per heavy atom. The molecular weight excluding hydrogens is 255 g/mol. The van der Waals surface area contributed by atoms with Crippen LogP contribution in [0.1, 0.15) is 0 Å². The molecule has 0 aliphatic carbocycles. The first-order chi connectivity index (χ1) is 2.00. The van der Waals surface area contributed by atoms with E-state index in [0.717, 1.165) is 0 Å². The first-order valence-corrected chi connectivity index (χ1v) is 2.00. The van der Waals surface area contributed by atoms with Crippen molar-refractivity contribution in [2.75, 3.05) is 0 Å². The van der Waals surface area contributed by atoms with Crippen molar-refractivity contribution in [3.05, 3.63) is 0 Å². The molecule has 0 aromatic rings. The Bertz CT molecular complexity index is 95.2. The second-order valence-electron chi connectivity index (χ2n) is 0.408. The van der Waals surface area contributed by atoms with E-state index in [4.69, 9.17) is 17.5 Å². The Morgan fingerprint density at radius 3 is 1.00 bits per heavy atom. The summed E-state index contributed by atoms with van der Waals surface area (Å²) in [7, 11) is -5.17. The molecule has 4 nitrogen and oxygen atoms in total. The van der Waals surface area contributed by atoms with Crippen LogP contribution >= 0.6 is 0 Å². The van der Waals surface area contributed by atoms with Gasteiger partial charge in [0.05, 0.1) is 0 Å². The van der Waals surface area contributed by atoms with Gasteiger partial charge in [0.2, 0.25) is 0 Å². The number of rotatable bonds is 0. The largest absolute Gasteiger partial charge is 2.00 e. The van der Waals surface area contributed by atoms with Gasteiger partial charge in [0.25, 0.3) is 0 Å². The van der Waals surface area contributed by atoms with Gasteiger partial charge in [-0.15, -0.1) is 0 Å². The van der Waals surface area contributed by atoms with Gasteiger partial charge in [-0.05, 0) is 0 Å². The molecule has 0 saturated carbocycles. The van der Waals surface area contributed by atoms with Crippen molar-refractivity contribution < 1.29 is 51.7 Å². The first-order valence-electron chi connectivity index (χ1n) is 0.667. The van der Waals surface area contributed by atoms with Gasteiger partial charge in [-0.2, -0.15) is 0 Å². The maximum Gasteiger partial charge on any atom is 2.00 e. The summed E-state index contributed by atoms with van der Waals surface area (Å²) in [6.07, 6.45) is 0. The molecule has 0 aromatic carbocycles. The molecule has 58 valence electrons. The second kappa shape index (κ2) is 8.26. The van der Waals surface area contributed by atoms with Crippen LogP contribution in [0, 0.1) is 0 Å². The number of hydrogen-bond donors (Lipinski definition) is 0. The summed E-state index contributed by atoms with van der Waals surface area (Å²) in [4.78, 5) is 0. The summed E-state index contributed by atoms with van der Waals surface area (Å²) in [5.41, 5.74) is 0. The quantitative estimate of drug-likeness (QED) is 0.304. The van der Waals surface area contributed by atoms with E-state index in [1.807, 2.05) is 0 Å². The predicted molar refractivity (Wildman–Crippen MR) is 17.8 cm³/mol. The average molecular weight is 255 g/mol. The van der Waals surface area contributed by atoms with Crippen LogP contribution in [0.3, 0.4) is 0 Å². The van der Waals surface area contributed by atoms with Crippen molar-refractivity contribution in [3.63, 3.8) is 0 Å². The minimum atomic E-state index is -5.17. The molecule has 0 bridgehead atoms. The molecule has 0 heterocycles. The van der Waals surface area contributed by atoms with Gasteiger partial charge in [-0.25, -0.2) is 0 Å². The molecule has 0 rings (SSSR count). The minimum absolute atomic E-state index is 0. The van der Waals surface area contributed by atoms with Gasteiger partial charge in [0.15, 0.2) is 0 Å². The van der Waals surface area contributed by atoms with Crippen molar-refractivity contribution >= 4 is 23.9 Å². The molecular formula is Cu2O4S2. The molecule has 8 heavy (non-hydrogen) atoms. The molecule has 0 aromatic heterocycles. The van der Waals surface area contributed by atoms with Gasteiger partial charge < -0.3 is 22.6 Å². The summed E-state index contributed by atoms with van der Waals surface area (Å²) in [5, 5.41) is 0. The number of hydrogen-bond acceptors (Lipinski definition) is 4. The third-order valence-corrected chi connectivity index (χ3v) is 0.